The third-order valence-electron chi connectivity index (χ3n) is 10.7. The van der Waals surface area contributed by atoms with Crippen molar-refractivity contribution in [2.45, 2.75) is 5.41 Å². The fourth-order valence-corrected chi connectivity index (χ4v) is 8.71. The summed E-state index contributed by atoms with van der Waals surface area (Å²) in [7, 11) is 0. The lowest BCUT2D eigenvalue weighted by Gasteiger charge is -2.32. The van der Waals surface area contributed by atoms with Gasteiger partial charge in [-0.15, -0.1) is 0 Å². The van der Waals surface area contributed by atoms with Crippen LogP contribution in [0.1, 0.15) is 22.3 Å². The number of rotatable bonds is 5. The van der Waals surface area contributed by atoms with Crippen molar-refractivity contribution >= 4 is 17.1 Å². The highest BCUT2D eigenvalue weighted by molar-refractivity contribution is 6.01. The number of hydrogen-bond acceptors (Lipinski definition) is 1. The maximum Gasteiger partial charge on any atom is 0.0726 e. The number of anilines is 3. The van der Waals surface area contributed by atoms with E-state index >= 15 is 0 Å². The summed E-state index contributed by atoms with van der Waals surface area (Å²) in [6.07, 6.45) is 0. The summed E-state index contributed by atoms with van der Waals surface area (Å²) >= 11 is 0. The highest BCUT2D eigenvalue weighted by Crippen LogP contribution is 2.64. The number of nitrogens with zero attached hydrogens (tertiary/aromatic N) is 1. The van der Waals surface area contributed by atoms with E-state index in [9.17, 15) is 0 Å². The number of benzene rings is 8. The van der Waals surface area contributed by atoms with E-state index in [1.165, 1.54) is 72.4 Å². The van der Waals surface area contributed by atoms with Crippen molar-refractivity contribution in [1.29, 1.82) is 0 Å². The largest absolute Gasteiger partial charge is 0.310 e. The molecule has 0 radical (unpaired) electrons. The molecule has 0 saturated carbocycles. The standard InChI is InChI=1S/C49H33N/c1-4-17-34(18-5-1)38-32-31-37(33-42(38)35-19-6-2-7-20-35)50(36-21-8-3-9-22-36)47-30-16-29-46-48(47)41-25-12-15-28-45(41)49(46)43-26-13-10-23-39(43)40-24-11-14-27-44(40)49/h1-33H. The highest BCUT2D eigenvalue weighted by atomic mass is 15.1. The van der Waals surface area contributed by atoms with Crippen molar-refractivity contribution in [2.24, 2.45) is 0 Å². The van der Waals surface area contributed by atoms with Crippen LogP contribution in [0.2, 0.25) is 0 Å². The minimum absolute atomic E-state index is 0.399. The summed E-state index contributed by atoms with van der Waals surface area (Å²) in [6.45, 7) is 0. The van der Waals surface area contributed by atoms with Crippen LogP contribution in [-0.4, -0.2) is 0 Å². The van der Waals surface area contributed by atoms with Gasteiger partial charge in [0.25, 0.3) is 0 Å². The van der Waals surface area contributed by atoms with Crippen LogP contribution < -0.4 is 4.90 Å². The maximum absolute atomic E-state index is 2.46. The summed E-state index contributed by atoms with van der Waals surface area (Å²) in [4.78, 5) is 2.46. The van der Waals surface area contributed by atoms with Crippen molar-refractivity contribution in [3.63, 3.8) is 0 Å². The molecule has 234 valence electrons. The third kappa shape index (κ3) is 4.07. The van der Waals surface area contributed by atoms with Gasteiger partial charge < -0.3 is 4.90 Å². The molecule has 0 bridgehead atoms. The summed E-state index contributed by atoms with van der Waals surface area (Å²) in [6, 6.07) is 73.3. The Kier molecular flexibility index (Phi) is 6.47. The summed E-state index contributed by atoms with van der Waals surface area (Å²) < 4.78 is 0. The number of fused-ring (bicyclic) bond motifs is 10. The van der Waals surface area contributed by atoms with Crippen LogP contribution in [0.4, 0.5) is 17.1 Å². The van der Waals surface area contributed by atoms with E-state index in [0.717, 1.165) is 11.4 Å². The van der Waals surface area contributed by atoms with Crippen molar-refractivity contribution in [3.05, 3.63) is 222 Å². The average Bonchev–Trinajstić information content (AvgIpc) is 3.67. The van der Waals surface area contributed by atoms with Gasteiger partial charge in [0.2, 0.25) is 0 Å². The maximum atomic E-state index is 2.46. The van der Waals surface area contributed by atoms with E-state index in [-0.39, 0.29) is 0 Å². The molecule has 2 aliphatic rings. The number of para-hydroxylation sites is 1. The van der Waals surface area contributed by atoms with Crippen molar-refractivity contribution in [2.75, 3.05) is 4.90 Å². The normalized spacial score (nSPS) is 13.0. The van der Waals surface area contributed by atoms with Gasteiger partial charge in [0.1, 0.15) is 0 Å². The SMILES string of the molecule is c1ccc(-c2ccc(N(c3ccccc3)c3cccc4c3-c3ccccc3C43c4ccccc4-c4ccccc43)cc2-c2ccccc2)cc1. The molecule has 0 saturated heterocycles. The molecule has 0 aromatic heterocycles. The Morgan fingerprint density at radius 1 is 0.300 bits per heavy atom. The second-order valence-corrected chi connectivity index (χ2v) is 13.2. The van der Waals surface area contributed by atoms with Gasteiger partial charge in [-0.3, -0.25) is 0 Å². The first-order chi connectivity index (χ1) is 24.8. The van der Waals surface area contributed by atoms with Gasteiger partial charge in [0.15, 0.2) is 0 Å². The van der Waals surface area contributed by atoms with E-state index in [1.54, 1.807) is 0 Å². The molecule has 0 heterocycles. The Morgan fingerprint density at radius 2 is 0.780 bits per heavy atom. The fourth-order valence-electron chi connectivity index (χ4n) is 8.71. The summed E-state index contributed by atoms with van der Waals surface area (Å²) in [5.74, 6) is 0. The molecule has 8 aromatic rings. The van der Waals surface area contributed by atoms with Gasteiger partial charge >= 0.3 is 0 Å². The smallest absolute Gasteiger partial charge is 0.0726 e. The molecule has 0 fully saturated rings. The predicted molar refractivity (Wildman–Crippen MR) is 208 cm³/mol. The zero-order valence-corrected chi connectivity index (χ0v) is 27.5. The monoisotopic (exact) mass is 635 g/mol. The lowest BCUT2D eigenvalue weighted by atomic mass is 9.70. The Hall–Kier alpha value is -6.44. The molecule has 0 aliphatic heterocycles. The van der Waals surface area contributed by atoms with Gasteiger partial charge in [-0.25, -0.2) is 0 Å². The Morgan fingerprint density at radius 3 is 1.40 bits per heavy atom. The molecule has 2 aliphatic carbocycles. The van der Waals surface area contributed by atoms with E-state index in [4.69, 9.17) is 0 Å². The van der Waals surface area contributed by atoms with Crippen LogP contribution in [0, 0.1) is 0 Å². The Balaban J connectivity index is 1.27. The molecule has 10 rings (SSSR count). The van der Waals surface area contributed by atoms with Crippen molar-refractivity contribution < 1.29 is 0 Å². The average molecular weight is 636 g/mol. The Labute approximate surface area is 293 Å². The lowest BCUT2D eigenvalue weighted by molar-refractivity contribution is 0.794. The van der Waals surface area contributed by atoms with Gasteiger partial charge in [0.05, 0.1) is 11.1 Å². The Bertz CT molecular complexity index is 2490. The molecular formula is C49H33N. The van der Waals surface area contributed by atoms with E-state index in [1.807, 2.05) is 0 Å². The quantitative estimate of drug-likeness (QED) is 0.182. The third-order valence-corrected chi connectivity index (χ3v) is 10.7. The molecule has 1 nitrogen and oxygen atoms in total. The van der Waals surface area contributed by atoms with Gasteiger partial charge in [-0.05, 0) is 91.5 Å². The van der Waals surface area contributed by atoms with Crippen molar-refractivity contribution in [1.82, 2.24) is 0 Å². The summed E-state index contributed by atoms with van der Waals surface area (Å²) in [5, 5.41) is 0. The second kappa shape index (κ2) is 11.3. The molecule has 1 spiro atoms. The fraction of sp³-hybridized carbons (Fsp3) is 0.0204. The molecule has 0 amide bonds. The molecule has 0 N–H and O–H groups in total. The topological polar surface area (TPSA) is 3.24 Å². The zero-order valence-electron chi connectivity index (χ0n) is 27.5. The van der Waals surface area contributed by atoms with Crippen LogP contribution >= 0.6 is 0 Å². The molecule has 1 heteroatoms. The van der Waals surface area contributed by atoms with Gasteiger partial charge in [0, 0.05) is 16.9 Å². The molecule has 0 atom stereocenters. The molecule has 50 heavy (non-hydrogen) atoms. The van der Waals surface area contributed by atoms with Crippen molar-refractivity contribution in [3.8, 4) is 44.5 Å². The van der Waals surface area contributed by atoms with Gasteiger partial charge in [-0.2, -0.15) is 0 Å². The van der Waals surface area contributed by atoms with Gasteiger partial charge in [-0.1, -0.05) is 170 Å². The first-order valence-electron chi connectivity index (χ1n) is 17.4. The van der Waals surface area contributed by atoms with Crippen LogP contribution in [0.5, 0.6) is 0 Å². The van der Waals surface area contributed by atoms with Crippen LogP contribution in [-0.2, 0) is 5.41 Å². The molecule has 8 aromatic carbocycles. The minimum atomic E-state index is -0.399. The summed E-state index contributed by atoms with van der Waals surface area (Å²) in [5.41, 5.74) is 18.4. The highest BCUT2D eigenvalue weighted by Gasteiger charge is 2.52. The zero-order chi connectivity index (χ0) is 33.1. The first kappa shape index (κ1) is 28.6. The van der Waals surface area contributed by atoms with E-state index < -0.39 is 5.41 Å². The molecule has 0 unspecified atom stereocenters. The van der Waals surface area contributed by atoms with Crippen LogP contribution in [0.15, 0.2) is 200 Å². The predicted octanol–water partition coefficient (Wildman–Crippen LogP) is 12.8. The lowest BCUT2D eigenvalue weighted by Crippen LogP contribution is -2.26. The second-order valence-electron chi connectivity index (χ2n) is 13.2. The van der Waals surface area contributed by atoms with Crippen LogP contribution in [0.3, 0.4) is 0 Å². The first-order valence-corrected chi connectivity index (χ1v) is 17.4. The molecular weight excluding hydrogens is 603 g/mol. The minimum Gasteiger partial charge on any atom is -0.310 e. The van der Waals surface area contributed by atoms with E-state index in [0.29, 0.717) is 0 Å². The van der Waals surface area contributed by atoms with Crippen LogP contribution in [0.25, 0.3) is 44.5 Å². The number of hydrogen-bond donors (Lipinski definition) is 0. The van der Waals surface area contributed by atoms with E-state index in [2.05, 4.69) is 205 Å².